The highest BCUT2D eigenvalue weighted by atomic mass is 33.1. The van der Waals surface area contributed by atoms with Gasteiger partial charge in [-0.15, -0.1) is 0 Å². The van der Waals surface area contributed by atoms with Crippen LogP contribution in [0.4, 0.5) is 11.4 Å². The van der Waals surface area contributed by atoms with E-state index in [-0.39, 0.29) is 17.7 Å². The second-order valence-corrected chi connectivity index (χ2v) is 11.0. The molecule has 1 aromatic carbocycles. The molecule has 29 heavy (non-hydrogen) atoms. The first-order chi connectivity index (χ1) is 14.1. The first-order valence-corrected chi connectivity index (χ1v) is 13.7. The van der Waals surface area contributed by atoms with E-state index in [2.05, 4.69) is 16.0 Å². The highest BCUT2D eigenvalue weighted by Crippen LogP contribution is 2.39. The molecule has 9 heteroatoms. The van der Waals surface area contributed by atoms with Gasteiger partial charge in [0.1, 0.15) is 6.04 Å². The number of fused-ring (bicyclic) bond motifs is 1. The Labute approximate surface area is 183 Å². The maximum atomic E-state index is 12.6. The third-order valence-electron chi connectivity index (χ3n) is 4.95. The minimum Gasteiger partial charge on any atom is -0.340 e. The maximum absolute atomic E-state index is 12.6. The van der Waals surface area contributed by atoms with E-state index in [1.165, 1.54) is 18.6 Å². The first-order valence-electron chi connectivity index (χ1n) is 9.89. The Morgan fingerprint density at radius 3 is 2.90 bits per heavy atom. The summed E-state index contributed by atoms with van der Waals surface area (Å²) in [5, 5.41) is 9.21. The summed E-state index contributed by atoms with van der Waals surface area (Å²) in [4.78, 5) is 37.2. The average molecular weight is 454 g/mol. The molecule has 2 heterocycles. The molecule has 0 aromatic heterocycles. The Kier molecular flexibility index (Phi) is 8.62. The molecule has 1 saturated heterocycles. The summed E-state index contributed by atoms with van der Waals surface area (Å²) in [5.74, 6) is 1.47. The fourth-order valence-electron chi connectivity index (χ4n) is 3.32. The average Bonchev–Trinajstić information content (AvgIpc) is 3.19. The van der Waals surface area contributed by atoms with Gasteiger partial charge in [-0.05, 0) is 55.9 Å². The summed E-state index contributed by atoms with van der Waals surface area (Å²) in [6, 6.07) is 4.48. The molecule has 3 rings (SSSR count). The Morgan fingerprint density at radius 1 is 1.28 bits per heavy atom. The Hall–Kier alpha value is -1.32. The quantitative estimate of drug-likeness (QED) is 0.385. The topological polar surface area (TPSA) is 87.3 Å². The Morgan fingerprint density at radius 2 is 2.14 bits per heavy atom. The number of carbonyl (C=O) groups is 3. The lowest BCUT2D eigenvalue weighted by Crippen LogP contribution is -2.41. The summed E-state index contributed by atoms with van der Waals surface area (Å²) in [5.41, 5.74) is 1.42. The van der Waals surface area contributed by atoms with Crippen LogP contribution in [0.25, 0.3) is 0 Å². The summed E-state index contributed by atoms with van der Waals surface area (Å²) in [6.07, 6.45) is 7.38. The molecular formula is C20H27N3O3S3. The summed E-state index contributed by atoms with van der Waals surface area (Å²) in [6.45, 7) is 0. The predicted molar refractivity (Wildman–Crippen MR) is 125 cm³/mol. The molecule has 0 saturated carbocycles. The number of thioether (sulfide) groups is 1. The van der Waals surface area contributed by atoms with Crippen molar-refractivity contribution in [1.82, 2.24) is 5.32 Å². The van der Waals surface area contributed by atoms with Gasteiger partial charge >= 0.3 is 0 Å². The second-order valence-electron chi connectivity index (χ2n) is 7.18. The zero-order valence-corrected chi connectivity index (χ0v) is 18.9. The van der Waals surface area contributed by atoms with E-state index in [0.29, 0.717) is 29.8 Å². The SMILES string of the molecule is CSCC[C@@H]1NC(=O)c2cc(NC(=O)CCCC[C@@H]3CCSS3)ccc2NC1=O. The van der Waals surface area contributed by atoms with Gasteiger partial charge in [0.15, 0.2) is 0 Å². The van der Waals surface area contributed by atoms with Gasteiger partial charge in [0, 0.05) is 23.1 Å². The van der Waals surface area contributed by atoms with Gasteiger partial charge in [0.05, 0.1) is 11.3 Å². The number of hydrogen-bond acceptors (Lipinski definition) is 6. The number of benzene rings is 1. The zero-order chi connectivity index (χ0) is 20.6. The molecule has 0 spiro atoms. The molecule has 2 atom stereocenters. The smallest absolute Gasteiger partial charge is 0.254 e. The molecule has 1 fully saturated rings. The van der Waals surface area contributed by atoms with Crippen molar-refractivity contribution in [3.8, 4) is 0 Å². The van der Waals surface area contributed by atoms with Crippen LogP contribution in [0.5, 0.6) is 0 Å². The van der Waals surface area contributed by atoms with Gasteiger partial charge < -0.3 is 16.0 Å². The van der Waals surface area contributed by atoms with Crippen LogP contribution < -0.4 is 16.0 Å². The first kappa shape index (κ1) is 22.4. The van der Waals surface area contributed by atoms with Gasteiger partial charge in [0.2, 0.25) is 11.8 Å². The molecule has 158 valence electrons. The Bertz CT molecular complexity index is 754. The summed E-state index contributed by atoms with van der Waals surface area (Å²) >= 11 is 1.63. The van der Waals surface area contributed by atoms with E-state index >= 15 is 0 Å². The minimum atomic E-state index is -0.545. The molecule has 2 aliphatic rings. The highest BCUT2D eigenvalue weighted by Gasteiger charge is 2.27. The van der Waals surface area contributed by atoms with Crippen LogP contribution in [0.3, 0.4) is 0 Å². The number of anilines is 2. The number of carbonyl (C=O) groups excluding carboxylic acids is 3. The lowest BCUT2D eigenvalue weighted by Gasteiger charge is -2.13. The third-order valence-corrected chi connectivity index (χ3v) is 8.60. The number of nitrogens with one attached hydrogen (secondary N) is 3. The number of rotatable bonds is 9. The molecule has 3 amide bonds. The van der Waals surface area contributed by atoms with Crippen LogP contribution in [0.2, 0.25) is 0 Å². The van der Waals surface area contributed by atoms with E-state index in [1.807, 2.05) is 27.8 Å². The van der Waals surface area contributed by atoms with Gasteiger partial charge in [-0.3, -0.25) is 14.4 Å². The van der Waals surface area contributed by atoms with Crippen molar-refractivity contribution in [2.45, 2.75) is 49.8 Å². The maximum Gasteiger partial charge on any atom is 0.254 e. The highest BCUT2D eigenvalue weighted by molar-refractivity contribution is 8.77. The lowest BCUT2D eigenvalue weighted by molar-refractivity contribution is -0.118. The standard InChI is InChI=1S/C20H27N3O3S3/c1-27-10-9-17-20(26)22-16-7-6-13(12-15(16)19(25)23-17)21-18(24)5-3-2-4-14-8-11-28-29-14/h6-7,12,14,17H,2-5,8-11H2,1H3,(H,21,24)(H,22,26)(H,23,25)/t14-,17+/m1/s1. The number of hydrogen-bond donors (Lipinski definition) is 3. The molecule has 0 radical (unpaired) electrons. The van der Waals surface area contributed by atoms with Crippen LogP contribution in [-0.4, -0.2) is 46.8 Å². The van der Waals surface area contributed by atoms with Crippen molar-refractivity contribution < 1.29 is 14.4 Å². The molecule has 0 bridgehead atoms. The second kappa shape index (κ2) is 11.2. The van der Waals surface area contributed by atoms with Crippen molar-refractivity contribution in [2.24, 2.45) is 0 Å². The molecular weight excluding hydrogens is 426 g/mol. The van der Waals surface area contributed by atoms with E-state index in [4.69, 9.17) is 0 Å². The van der Waals surface area contributed by atoms with Crippen LogP contribution in [0, 0.1) is 0 Å². The molecule has 0 aliphatic carbocycles. The third kappa shape index (κ3) is 6.58. The van der Waals surface area contributed by atoms with E-state index in [9.17, 15) is 14.4 Å². The van der Waals surface area contributed by atoms with E-state index in [0.717, 1.165) is 23.8 Å². The summed E-state index contributed by atoms with van der Waals surface area (Å²) in [7, 11) is 3.91. The molecule has 6 nitrogen and oxygen atoms in total. The number of unbranched alkanes of at least 4 members (excludes halogenated alkanes) is 1. The monoisotopic (exact) mass is 453 g/mol. The van der Waals surface area contributed by atoms with Crippen molar-refractivity contribution in [1.29, 1.82) is 0 Å². The number of amides is 3. The largest absolute Gasteiger partial charge is 0.340 e. The van der Waals surface area contributed by atoms with Gasteiger partial charge in [-0.25, -0.2) is 0 Å². The lowest BCUT2D eigenvalue weighted by atomic mass is 10.1. The normalized spacial score (nSPS) is 21.1. The van der Waals surface area contributed by atoms with Gasteiger partial charge in [0.25, 0.3) is 5.91 Å². The van der Waals surface area contributed by atoms with E-state index < -0.39 is 6.04 Å². The fourth-order valence-corrected chi connectivity index (χ4v) is 6.82. The van der Waals surface area contributed by atoms with Crippen molar-refractivity contribution in [2.75, 3.05) is 28.4 Å². The van der Waals surface area contributed by atoms with Gasteiger partial charge in [-0.2, -0.15) is 11.8 Å². The van der Waals surface area contributed by atoms with Crippen LogP contribution in [0.1, 0.15) is 48.9 Å². The van der Waals surface area contributed by atoms with Crippen molar-refractivity contribution in [3.05, 3.63) is 23.8 Å². The minimum absolute atomic E-state index is 0.0469. The van der Waals surface area contributed by atoms with Crippen LogP contribution in [0.15, 0.2) is 18.2 Å². The van der Waals surface area contributed by atoms with Crippen molar-refractivity contribution >= 4 is 62.4 Å². The Balaban J connectivity index is 1.52. The van der Waals surface area contributed by atoms with Gasteiger partial charge in [-0.1, -0.05) is 28.0 Å². The van der Waals surface area contributed by atoms with E-state index in [1.54, 1.807) is 30.0 Å². The molecule has 1 aromatic rings. The predicted octanol–water partition coefficient (Wildman–Crippen LogP) is 4.14. The van der Waals surface area contributed by atoms with Crippen LogP contribution in [-0.2, 0) is 9.59 Å². The summed E-state index contributed by atoms with van der Waals surface area (Å²) < 4.78 is 0. The van der Waals surface area contributed by atoms with Crippen LogP contribution >= 0.6 is 33.3 Å². The zero-order valence-electron chi connectivity index (χ0n) is 16.5. The molecule has 3 N–H and O–H groups in total. The van der Waals surface area contributed by atoms with Crippen molar-refractivity contribution in [3.63, 3.8) is 0 Å². The molecule has 2 aliphatic heterocycles. The molecule has 0 unspecified atom stereocenters. The fraction of sp³-hybridized carbons (Fsp3) is 0.550.